The third-order valence-electron chi connectivity index (χ3n) is 2.16. The molecule has 0 aliphatic carbocycles. The van der Waals surface area contributed by atoms with E-state index in [2.05, 4.69) is 30.8 Å². The molecule has 0 unspecified atom stereocenters. The van der Waals surface area contributed by atoms with Gasteiger partial charge in [-0.3, -0.25) is 0 Å². The lowest BCUT2D eigenvalue weighted by Crippen LogP contribution is -2.37. The van der Waals surface area contributed by atoms with Crippen molar-refractivity contribution in [1.29, 1.82) is 0 Å². The SMILES string of the molecule is OCC(CO)(CO)CO.c1cnnnc1.c1cnnnc1. The highest BCUT2D eigenvalue weighted by Gasteiger charge is 2.26. The number of rotatable bonds is 4. The minimum atomic E-state index is -1.11. The number of aromatic nitrogens is 6. The lowest BCUT2D eigenvalue weighted by Gasteiger charge is -2.23. The minimum Gasteiger partial charge on any atom is -0.396 e. The second-order valence-electron chi connectivity index (χ2n) is 3.75. The maximum atomic E-state index is 8.50. The van der Waals surface area contributed by atoms with E-state index in [0.717, 1.165) is 0 Å². The van der Waals surface area contributed by atoms with Crippen molar-refractivity contribution in [2.75, 3.05) is 26.4 Å². The smallest absolute Gasteiger partial charge is 0.0627 e. The van der Waals surface area contributed by atoms with Gasteiger partial charge in [-0.1, -0.05) is 0 Å². The normalized spacial score (nSPS) is 9.71. The first kappa shape index (κ1) is 18.9. The molecule has 0 aliphatic rings. The Morgan fingerprint density at radius 2 is 0.857 bits per heavy atom. The Labute approximate surface area is 121 Å². The van der Waals surface area contributed by atoms with Gasteiger partial charge in [0.2, 0.25) is 0 Å². The van der Waals surface area contributed by atoms with E-state index in [1.165, 1.54) is 0 Å². The van der Waals surface area contributed by atoms with Crippen LogP contribution in [0.2, 0.25) is 0 Å². The van der Waals surface area contributed by atoms with Gasteiger partial charge in [0, 0.05) is 0 Å². The van der Waals surface area contributed by atoms with Crippen molar-refractivity contribution in [3.63, 3.8) is 0 Å². The Kier molecular flexibility index (Phi) is 11.6. The highest BCUT2D eigenvalue weighted by atomic mass is 16.3. The Balaban J connectivity index is 0.000000293. The highest BCUT2D eigenvalue weighted by Crippen LogP contribution is 2.11. The standard InChI is InChI=1S/C5H12O4.2C3H3N3/c6-1-5(2-7,3-8)4-9;2*1-2-4-6-5-3-1/h6-9H,1-4H2;2*1-3H. The van der Waals surface area contributed by atoms with Crippen LogP contribution >= 0.6 is 0 Å². The summed E-state index contributed by atoms with van der Waals surface area (Å²) in [5.74, 6) is 0. The lowest BCUT2D eigenvalue weighted by atomic mass is 9.93. The number of aliphatic hydroxyl groups is 4. The molecule has 21 heavy (non-hydrogen) atoms. The number of nitrogens with zero attached hydrogens (tertiary/aromatic N) is 6. The molecule has 116 valence electrons. The maximum Gasteiger partial charge on any atom is 0.0627 e. The number of aliphatic hydroxyl groups excluding tert-OH is 4. The van der Waals surface area contributed by atoms with Gasteiger partial charge >= 0.3 is 0 Å². The van der Waals surface area contributed by atoms with Crippen LogP contribution < -0.4 is 0 Å². The van der Waals surface area contributed by atoms with Gasteiger partial charge in [-0.05, 0) is 22.6 Å². The molecular formula is C11H18N6O4. The molecule has 0 aliphatic heterocycles. The Bertz CT molecular complexity index is 315. The Hall–Kier alpha value is -2.14. The summed E-state index contributed by atoms with van der Waals surface area (Å²) in [7, 11) is 0. The van der Waals surface area contributed by atoms with Crippen molar-refractivity contribution >= 4 is 0 Å². The molecule has 0 bridgehead atoms. The van der Waals surface area contributed by atoms with Crippen LogP contribution in [-0.4, -0.2) is 77.7 Å². The van der Waals surface area contributed by atoms with Crippen molar-refractivity contribution in [2.24, 2.45) is 5.41 Å². The van der Waals surface area contributed by atoms with Gasteiger partial charge in [0.15, 0.2) is 0 Å². The largest absolute Gasteiger partial charge is 0.396 e. The van der Waals surface area contributed by atoms with Crippen molar-refractivity contribution in [2.45, 2.75) is 0 Å². The molecule has 0 fully saturated rings. The van der Waals surface area contributed by atoms with Crippen LogP contribution in [0.3, 0.4) is 0 Å². The highest BCUT2D eigenvalue weighted by molar-refractivity contribution is 4.75. The van der Waals surface area contributed by atoms with Gasteiger partial charge in [-0.2, -0.15) is 0 Å². The zero-order valence-electron chi connectivity index (χ0n) is 11.3. The molecule has 4 N–H and O–H groups in total. The second-order valence-corrected chi connectivity index (χ2v) is 3.75. The average molecular weight is 298 g/mol. The van der Waals surface area contributed by atoms with Crippen molar-refractivity contribution in [1.82, 2.24) is 30.8 Å². The first-order valence-electron chi connectivity index (χ1n) is 5.85. The van der Waals surface area contributed by atoms with Gasteiger partial charge in [-0.25, -0.2) is 0 Å². The summed E-state index contributed by atoms with van der Waals surface area (Å²) in [5, 5.41) is 54.3. The van der Waals surface area contributed by atoms with E-state index in [4.69, 9.17) is 20.4 Å². The fourth-order valence-electron chi connectivity index (χ4n) is 0.710. The molecule has 2 heterocycles. The summed E-state index contributed by atoms with van der Waals surface area (Å²) in [6.45, 7) is -1.62. The maximum absolute atomic E-state index is 8.50. The predicted octanol–water partition coefficient (Wildman–Crippen LogP) is -2.31. The molecular weight excluding hydrogens is 280 g/mol. The van der Waals surface area contributed by atoms with E-state index in [9.17, 15) is 0 Å². The van der Waals surface area contributed by atoms with E-state index in [1.807, 2.05) is 0 Å². The van der Waals surface area contributed by atoms with E-state index >= 15 is 0 Å². The molecule has 0 aromatic carbocycles. The van der Waals surface area contributed by atoms with Crippen molar-refractivity contribution in [3.8, 4) is 0 Å². The van der Waals surface area contributed by atoms with E-state index in [-0.39, 0.29) is 0 Å². The molecule has 0 radical (unpaired) electrons. The average Bonchev–Trinajstić information content (AvgIpc) is 2.62. The van der Waals surface area contributed by atoms with Crippen molar-refractivity contribution in [3.05, 3.63) is 36.9 Å². The molecule has 2 rings (SSSR count). The zero-order valence-corrected chi connectivity index (χ0v) is 11.3. The van der Waals surface area contributed by atoms with Crippen LogP contribution in [0, 0.1) is 5.41 Å². The molecule has 0 amide bonds. The second kappa shape index (κ2) is 12.9. The zero-order chi connectivity index (χ0) is 15.8. The van der Waals surface area contributed by atoms with E-state index < -0.39 is 31.8 Å². The fraction of sp³-hybridized carbons (Fsp3) is 0.455. The van der Waals surface area contributed by atoms with Gasteiger partial charge in [0.1, 0.15) is 0 Å². The minimum absolute atomic E-state index is 0.406. The quantitative estimate of drug-likeness (QED) is 0.483. The molecule has 0 atom stereocenters. The molecule has 2 aromatic rings. The molecule has 0 saturated carbocycles. The summed E-state index contributed by atoms with van der Waals surface area (Å²) in [5.41, 5.74) is -1.11. The number of hydrogen-bond donors (Lipinski definition) is 4. The monoisotopic (exact) mass is 298 g/mol. The van der Waals surface area contributed by atoms with E-state index in [0.29, 0.717) is 0 Å². The molecule has 10 nitrogen and oxygen atoms in total. The van der Waals surface area contributed by atoms with Crippen molar-refractivity contribution < 1.29 is 20.4 Å². The summed E-state index contributed by atoms with van der Waals surface area (Å²) in [6.07, 6.45) is 6.31. The van der Waals surface area contributed by atoms with Gasteiger partial charge in [-0.15, -0.1) is 20.4 Å². The molecule has 0 spiro atoms. The van der Waals surface area contributed by atoms with Crippen LogP contribution in [0.25, 0.3) is 0 Å². The predicted molar refractivity (Wildman–Crippen MR) is 70.4 cm³/mol. The summed E-state index contributed by atoms with van der Waals surface area (Å²) in [4.78, 5) is 0. The van der Waals surface area contributed by atoms with Crippen LogP contribution in [0.15, 0.2) is 36.9 Å². The summed E-state index contributed by atoms with van der Waals surface area (Å²) < 4.78 is 0. The van der Waals surface area contributed by atoms with Crippen LogP contribution in [0.1, 0.15) is 0 Å². The topological polar surface area (TPSA) is 158 Å². The number of hydrogen-bond acceptors (Lipinski definition) is 10. The molecule has 10 heteroatoms. The van der Waals surface area contributed by atoms with E-state index in [1.54, 1.807) is 36.9 Å². The van der Waals surface area contributed by atoms with Crippen LogP contribution in [0.4, 0.5) is 0 Å². The van der Waals surface area contributed by atoms with Gasteiger partial charge in [0.25, 0.3) is 0 Å². The van der Waals surface area contributed by atoms with Crippen LogP contribution in [-0.2, 0) is 0 Å². The lowest BCUT2D eigenvalue weighted by molar-refractivity contribution is -0.0328. The third-order valence-corrected chi connectivity index (χ3v) is 2.16. The molecule has 0 saturated heterocycles. The fourth-order valence-corrected chi connectivity index (χ4v) is 0.710. The summed E-state index contributed by atoms with van der Waals surface area (Å²) >= 11 is 0. The first-order chi connectivity index (χ1) is 10.2. The Morgan fingerprint density at radius 3 is 0.905 bits per heavy atom. The first-order valence-corrected chi connectivity index (χ1v) is 5.85. The van der Waals surface area contributed by atoms with Crippen LogP contribution in [0.5, 0.6) is 0 Å². The van der Waals surface area contributed by atoms with Gasteiger partial charge in [0.05, 0.1) is 56.6 Å². The van der Waals surface area contributed by atoms with Gasteiger partial charge < -0.3 is 20.4 Å². The molecule has 2 aromatic heterocycles. The Morgan fingerprint density at radius 1 is 0.571 bits per heavy atom. The summed E-state index contributed by atoms with van der Waals surface area (Å²) in [6, 6.07) is 3.43. The third kappa shape index (κ3) is 9.40.